The maximum atomic E-state index is 11.9. The maximum Gasteiger partial charge on any atom is 0.224 e. The summed E-state index contributed by atoms with van der Waals surface area (Å²) < 4.78 is 5.23. The molecular weight excluding hydrogens is 192 g/mol. The predicted molar refractivity (Wildman–Crippen MR) is 57.7 cm³/mol. The van der Waals surface area contributed by atoms with E-state index in [4.69, 9.17) is 4.74 Å². The van der Waals surface area contributed by atoms with Gasteiger partial charge in [-0.3, -0.25) is 4.79 Å². The van der Waals surface area contributed by atoms with Gasteiger partial charge in [-0.2, -0.15) is 0 Å². The highest BCUT2D eigenvalue weighted by Crippen LogP contribution is 2.12. The molecule has 2 aliphatic heterocycles. The minimum absolute atomic E-state index is 0.290. The fraction of sp³-hybridized carbons (Fsp3) is 0.909. The Balaban J connectivity index is 1.74. The molecule has 0 aliphatic carbocycles. The molecule has 0 aromatic carbocycles. The first-order valence-corrected chi connectivity index (χ1v) is 5.95. The van der Waals surface area contributed by atoms with E-state index in [1.807, 2.05) is 4.90 Å². The Morgan fingerprint density at radius 3 is 2.80 bits per heavy atom. The van der Waals surface area contributed by atoms with Gasteiger partial charge in [-0.1, -0.05) is 6.42 Å². The average molecular weight is 212 g/mol. The van der Waals surface area contributed by atoms with Gasteiger partial charge in [0.25, 0.3) is 0 Å². The van der Waals surface area contributed by atoms with Crippen LogP contribution < -0.4 is 5.32 Å². The second kappa shape index (κ2) is 5.47. The molecule has 0 saturated carbocycles. The van der Waals surface area contributed by atoms with Gasteiger partial charge < -0.3 is 15.0 Å². The van der Waals surface area contributed by atoms with Gasteiger partial charge in [-0.25, -0.2) is 0 Å². The Hall–Kier alpha value is -0.610. The zero-order valence-electron chi connectivity index (χ0n) is 9.21. The third-order valence-electron chi connectivity index (χ3n) is 3.20. The highest BCUT2D eigenvalue weighted by atomic mass is 16.5. The number of hydrogen-bond donors (Lipinski definition) is 1. The molecule has 0 spiro atoms. The van der Waals surface area contributed by atoms with Gasteiger partial charge >= 0.3 is 0 Å². The number of carbonyl (C=O) groups is 1. The van der Waals surface area contributed by atoms with Crippen molar-refractivity contribution in [2.24, 2.45) is 0 Å². The van der Waals surface area contributed by atoms with Gasteiger partial charge in [0.1, 0.15) is 0 Å². The molecule has 0 radical (unpaired) electrons. The molecule has 15 heavy (non-hydrogen) atoms. The average Bonchev–Trinajstić information content (AvgIpc) is 2.31. The molecule has 1 amide bonds. The van der Waals surface area contributed by atoms with E-state index < -0.39 is 0 Å². The molecule has 1 atom stereocenters. The topological polar surface area (TPSA) is 41.6 Å². The van der Waals surface area contributed by atoms with Gasteiger partial charge in [0.05, 0.1) is 13.2 Å². The summed E-state index contributed by atoms with van der Waals surface area (Å²) in [5.74, 6) is 0.290. The standard InChI is InChI=1S/C11H20N2O2/c14-11(13-5-7-15-8-6-13)9-10-3-1-2-4-12-10/h10,12H,1-9H2/t10-/m0/s1. The van der Waals surface area contributed by atoms with Gasteiger partial charge in [0.15, 0.2) is 0 Å². The van der Waals surface area contributed by atoms with Crippen molar-refractivity contribution in [3.05, 3.63) is 0 Å². The summed E-state index contributed by atoms with van der Waals surface area (Å²) in [6.45, 7) is 4.01. The van der Waals surface area contributed by atoms with E-state index in [0.29, 0.717) is 25.7 Å². The first-order chi connectivity index (χ1) is 7.36. The Bertz CT molecular complexity index is 209. The Morgan fingerprint density at radius 1 is 1.33 bits per heavy atom. The Morgan fingerprint density at radius 2 is 2.13 bits per heavy atom. The van der Waals surface area contributed by atoms with E-state index in [9.17, 15) is 4.79 Å². The van der Waals surface area contributed by atoms with Crippen LogP contribution in [0.5, 0.6) is 0 Å². The van der Waals surface area contributed by atoms with Crippen molar-refractivity contribution in [3.63, 3.8) is 0 Å². The SMILES string of the molecule is O=C(C[C@@H]1CCCCN1)N1CCOCC1. The quantitative estimate of drug-likeness (QED) is 0.719. The molecule has 2 saturated heterocycles. The minimum Gasteiger partial charge on any atom is -0.378 e. The lowest BCUT2D eigenvalue weighted by atomic mass is 10.0. The first-order valence-electron chi connectivity index (χ1n) is 5.95. The van der Waals surface area contributed by atoms with Crippen LogP contribution in [-0.2, 0) is 9.53 Å². The molecule has 0 aromatic rings. The Kier molecular flexibility index (Phi) is 3.97. The zero-order chi connectivity index (χ0) is 10.5. The van der Waals surface area contributed by atoms with Crippen LogP contribution in [0.3, 0.4) is 0 Å². The van der Waals surface area contributed by atoms with Crippen LogP contribution in [0.15, 0.2) is 0 Å². The van der Waals surface area contributed by atoms with Crippen molar-refractivity contribution in [2.45, 2.75) is 31.7 Å². The van der Waals surface area contributed by atoms with Gasteiger partial charge in [-0.05, 0) is 19.4 Å². The van der Waals surface area contributed by atoms with Crippen LogP contribution in [0.2, 0.25) is 0 Å². The monoisotopic (exact) mass is 212 g/mol. The number of amides is 1. The molecule has 0 bridgehead atoms. The molecule has 1 N–H and O–H groups in total. The van der Waals surface area contributed by atoms with Gasteiger partial charge in [0, 0.05) is 25.6 Å². The van der Waals surface area contributed by atoms with E-state index in [2.05, 4.69) is 5.32 Å². The fourth-order valence-corrected chi connectivity index (χ4v) is 2.25. The highest BCUT2D eigenvalue weighted by molar-refractivity contribution is 5.76. The van der Waals surface area contributed by atoms with Gasteiger partial charge in [0.2, 0.25) is 5.91 Å². The number of carbonyl (C=O) groups excluding carboxylic acids is 1. The summed E-state index contributed by atoms with van der Waals surface area (Å²) >= 11 is 0. The lowest BCUT2D eigenvalue weighted by molar-refractivity contribution is -0.135. The lowest BCUT2D eigenvalue weighted by Gasteiger charge is -2.30. The van der Waals surface area contributed by atoms with Crippen molar-refractivity contribution in [1.82, 2.24) is 10.2 Å². The number of nitrogens with zero attached hydrogens (tertiary/aromatic N) is 1. The van der Waals surface area contributed by atoms with Crippen LogP contribution in [-0.4, -0.2) is 49.7 Å². The number of piperidine rings is 1. The van der Waals surface area contributed by atoms with Crippen LogP contribution in [0.25, 0.3) is 0 Å². The third-order valence-corrected chi connectivity index (χ3v) is 3.20. The fourth-order valence-electron chi connectivity index (χ4n) is 2.25. The molecule has 2 aliphatic rings. The molecule has 0 aromatic heterocycles. The number of ether oxygens (including phenoxy) is 1. The first kappa shape index (κ1) is 10.9. The number of morpholine rings is 1. The third kappa shape index (κ3) is 3.18. The minimum atomic E-state index is 0.290. The Labute approximate surface area is 91.0 Å². The molecule has 0 unspecified atom stereocenters. The van der Waals surface area contributed by atoms with Crippen LogP contribution >= 0.6 is 0 Å². The van der Waals surface area contributed by atoms with Crippen molar-refractivity contribution < 1.29 is 9.53 Å². The summed E-state index contributed by atoms with van der Waals surface area (Å²) in [5.41, 5.74) is 0. The number of rotatable bonds is 2. The molecule has 2 fully saturated rings. The van der Waals surface area contributed by atoms with E-state index in [-0.39, 0.29) is 5.91 Å². The van der Waals surface area contributed by atoms with Crippen LogP contribution in [0, 0.1) is 0 Å². The molecule has 86 valence electrons. The van der Waals surface area contributed by atoms with E-state index in [1.165, 1.54) is 12.8 Å². The summed E-state index contributed by atoms with van der Waals surface area (Å²) in [6, 6.07) is 0.411. The normalized spacial score (nSPS) is 27.7. The van der Waals surface area contributed by atoms with Gasteiger partial charge in [-0.15, -0.1) is 0 Å². The summed E-state index contributed by atoms with van der Waals surface area (Å²) in [4.78, 5) is 13.8. The zero-order valence-corrected chi connectivity index (χ0v) is 9.21. The molecule has 4 nitrogen and oxygen atoms in total. The van der Waals surface area contributed by atoms with E-state index >= 15 is 0 Å². The van der Waals surface area contributed by atoms with Crippen molar-refractivity contribution in [3.8, 4) is 0 Å². The predicted octanol–water partition coefficient (Wildman–Crippen LogP) is 0.377. The molecule has 4 heteroatoms. The summed E-state index contributed by atoms with van der Waals surface area (Å²) in [5, 5.41) is 3.41. The second-order valence-corrected chi connectivity index (χ2v) is 4.34. The smallest absolute Gasteiger partial charge is 0.224 e. The molecule has 2 heterocycles. The van der Waals surface area contributed by atoms with E-state index in [1.54, 1.807) is 0 Å². The van der Waals surface area contributed by atoms with Crippen molar-refractivity contribution in [2.75, 3.05) is 32.8 Å². The number of hydrogen-bond acceptors (Lipinski definition) is 3. The van der Waals surface area contributed by atoms with Crippen LogP contribution in [0.4, 0.5) is 0 Å². The second-order valence-electron chi connectivity index (χ2n) is 4.34. The number of nitrogens with one attached hydrogen (secondary N) is 1. The summed E-state index contributed by atoms with van der Waals surface area (Å²) in [6.07, 6.45) is 4.33. The van der Waals surface area contributed by atoms with Crippen molar-refractivity contribution in [1.29, 1.82) is 0 Å². The van der Waals surface area contributed by atoms with Crippen LogP contribution in [0.1, 0.15) is 25.7 Å². The largest absolute Gasteiger partial charge is 0.378 e. The van der Waals surface area contributed by atoms with Crippen molar-refractivity contribution >= 4 is 5.91 Å². The lowest BCUT2D eigenvalue weighted by Crippen LogP contribution is -2.44. The molecular formula is C11H20N2O2. The van der Waals surface area contributed by atoms with E-state index in [0.717, 1.165) is 26.1 Å². The molecule has 2 rings (SSSR count). The highest BCUT2D eigenvalue weighted by Gasteiger charge is 2.21. The summed E-state index contributed by atoms with van der Waals surface area (Å²) in [7, 11) is 0. The maximum absolute atomic E-state index is 11.9.